The number of nitrogens with zero attached hydrogens (tertiary/aromatic N) is 4. The molecule has 1 aliphatic rings. The van der Waals surface area contributed by atoms with Gasteiger partial charge in [0.15, 0.2) is 0 Å². The average molecular weight is 437 g/mol. The molecule has 0 aliphatic carbocycles. The monoisotopic (exact) mass is 436 g/mol. The lowest BCUT2D eigenvalue weighted by Gasteiger charge is -2.39. The van der Waals surface area contributed by atoms with Crippen LogP contribution in [0.4, 0.5) is 10.6 Å². The van der Waals surface area contributed by atoms with E-state index in [0.717, 1.165) is 0 Å². The number of aromatic amines is 1. The van der Waals surface area contributed by atoms with Crippen molar-refractivity contribution in [2.45, 2.75) is 18.4 Å². The van der Waals surface area contributed by atoms with Gasteiger partial charge in [0, 0.05) is 31.5 Å². The number of hydrogen-bond acceptors (Lipinski definition) is 7. The first-order valence-corrected chi connectivity index (χ1v) is 9.68. The zero-order valence-electron chi connectivity index (χ0n) is 15.2. The third kappa shape index (κ3) is 3.68. The van der Waals surface area contributed by atoms with Crippen molar-refractivity contribution in [2.75, 3.05) is 24.6 Å². The van der Waals surface area contributed by atoms with E-state index in [4.69, 9.17) is 33.7 Å². The number of nitrogens with two attached hydrogens (primary N) is 1. The molecule has 2 aromatic heterocycles. The molecule has 1 saturated heterocycles. The van der Waals surface area contributed by atoms with Crippen molar-refractivity contribution in [1.82, 2.24) is 20.2 Å². The Morgan fingerprint density at radius 2 is 2.10 bits per heavy atom. The van der Waals surface area contributed by atoms with Crippen LogP contribution in [0, 0.1) is 0 Å². The van der Waals surface area contributed by atoms with Gasteiger partial charge < -0.3 is 20.5 Å². The van der Waals surface area contributed by atoms with E-state index in [0.29, 0.717) is 64.2 Å². The van der Waals surface area contributed by atoms with Crippen LogP contribution in [-0.4, -0.2) is 56.7 Å². The molecule has 0 saturated carbocycles. The van der Waals surface area contributed by atoms with Gasteiger partial charge >= 0.3 is 6.09 Å². The van der Waals surface area contributed by atoms with Crippen molar-refractivity contribution in [1.29, 1.82) is 0 Å². The van der Waals surface area contributed by atoms with E-state index < -0.39 is 11.7 Å². The molecule has 4 N–H and O–H groups in total. The van der Waals surface area contributed by atoms with E-state index in [9.17, 15) is 9.90 Å². The van der Waals surface area contributed by atoms with Crippen LogP contribution in [-0.2, 0) is 4.74 Å². The molecule has 0 radical (unpaired) electrons. The Morgan fingerprint density at radius 3 is 2.79 bits per heavy atom. The SMILES string of the molecule is NC(=O)OC1(CO)CCN(c2cnc3c(-c4cccc(Cl)c4Cl)[nH]nc3n2)CC1. The zero-order valence-corrected chi connectivity index (χ0v) is 16.7. The first-order valence-electron chi connectivity index (χ1n) is 8.92. The molecule has 4 rings (SSSR count). The summed E-state index contributed by atoms with van der Waals surface area (Å²) in [5.74, 6) is 0.637. The van der Waals surface area contributed by atoms with E-state index >= 15 is 0 Å². The number of carbonyl (C=O) groups excluding carboxylic acids is 1. The summed E-state index contributed by atoms with van der Waals surface area (Å²) < 4.78 is 5.14. The number of piperidine rings is 1. The van der Waals surface area contributed by atoms with Gasteiger partial charge in [-0.15, -0.1) is 0 Å². The highest BCUT2D eigenvalue weighted by Gasteiger charge is 2.38. The molecule has 0 spiro atoms. The lowest BCUT2D eigenvalue weighted by molar-refractivity contribution is -0.0422. The number of amides is 1. The number of primary amides is 1. The highest BCUT2D eigenvalue weighted by atomic mass is 35.5. The second kappa shape index (κ2) is 7.66. The van der Waals surface area contributed by atoms with Crippen LogP contribution < -0.4 is 10.6 Å². The summed E-state index contributed by atoms with van der Waals surface area (Å²) in [5.41, 5.74) is 6.53. The maximum Gasteiger partial charge on any atom is 0.405 e. The molecule has 0 bridgehead atoms. The van der Waals surface area contributed by atoms with Gasteiger partial charge in [-0.25, -0.2) is 14.8 Å². The van der Waals surface area contributed by atoms with Crippen LogP contribution in [0.3, 0.4) is 0 Å². The highest BCUT2D eigenvalue weighted by Crippen LogP contribution is 2.35. The van der Waals surface area contributed by atoms with E-state index in [1.54, 1.807) is 18.3 Å². The number of benzene rings is 1. The number of anilines is 1. The Morgan fingerprint density at radius 1 is 1.34 bits per heavy atom. The smallest absolute Gasteiger partial charge is 0.405 e. The standard InChI is InChI=1S/C18H18Cl2N6O3/c19-11-3-1-2-10(13(11)20)14-15-16(25-24-14)23-12(8-22-15)26-6-4-18(9-27,5-7-26)29-17(21)28/h1-3,8,27H,4-7,9H2,(H2,21,28)(H,23,24,25). The highest BCUT2D eigenvalue weighted by molar-refractivity contribution is 6.43. The molecule has 1 aromatic carbocycles. The Balaban J connectivity index is 1.58. The van der Waals surface area contributed by atoms with Crippen molar-refractivity contribution in [3.8, 4) is 11.3 Å². The summed E-state index contributed by atoms with van der Waals surface area (Å²) in [4.78, 5) is 22.2. The maximum atomic E-state index is 11.1. The molecule has 1 amide bonds. The number of aliphatic hydroxyl groups excluding tert-OH is 1. The van der Waals surface area contributed by atoms with Crippen molar-refractivity contribution in [3.05, 3.63) is 34.4 Å². The maximum absolute atomic E-state index is 11.1. The Bertz CT molecular complexity index is 1060. The molecular formula is C18H18Cl2N6O3. The lowest BCUT2D eigenvalue weighted by Crippen LogP contribution is -2.50. The number of rotatable bonds is 4. The molecule has 0 unspecified atom stereocenters. The van der Waals surface area contributed by atoms with Gasteiger partial charge in [-0.1, -0.05) is 35.3 Å². The molecule has 0 atom stereocenters. The normalized spacial score (nSPS) is 16.2. The number of carbonyl (C=O) groups is 1. The minimum atomic E-state index is -0.956. The number of nitrogens with one attached hydrogen (secondary N) is 1. The second-order valence-corrected chi connectivity index (χ2v) is 7.63. The van der Waals surface area contributed by atoms with Gasteiger partial charge in [-0.3, -0.25) is 5.10 Å². The molecule has 3 aromatic rings. The summed E-state index contributed by atoms with van der Waals surface area (Å²) in [5, 5.41) is 17.7. The van der Waals surface area contributed by atoms with E-state index in [1.165, 1.54) is 0 Å². The van der Waals surface area contributed by atoms with Crippen LogP contribution >= 0.6 is 23.2 Å². The number of H-pyrrole nitrogens is 1. The summed E-state index contributed by atoms with van der Waals surface area (Å²) >= 11 is 12.4. The van der Waals surface area contributed by atoms with Crippen LogP contribution in [0.5, 0.6) is 0 Å². The van der Waals surface area contributed by atoms with Gasteiger partial charge in [-0.05, 0) is 6.07 Å². The van der Waals surface area contributed by atoms with Crippen molar-refractivity contribution < 1.29 is 14.6 Å². The molecule has 152 valence electrons. The van der Waals surface area contributed by atoms with Crippen LogP contribution in [0.2, 0.25) is 10.0 Å². The Hall–Kier alpha value is -2.62. The van der Waals surface area contributed by atoms with Crippen LogP contribution in [0.15, 0.2) is 24.4 Å². The van der Waals surface area contributed by atoms with E-state index in [2.05, 4.69) is 20.2 Å². The summed E-state index contributed by atoms with van der Waals surface area (Å²) in [6.07, 6.45) is 1.62. The number of aliphatic hydroxyl groups is 1. The second-order valence-electron chi connectivity index (χ2n) is 6.85. The number of fused-ring (bicyclic) bond motifs is 1. The fraction of sp³-hybridized carbons (Fsp3) is 0.333. The quantitative estimate of drug-likeness (QED) is 0.572. The van der Waals surface area contributed by atoms with Crippen molar-refractivity contribution in [2.24, 2.45) is 5.73 Å². The Labute approximate surface area is 175 Å². The predicted octanol–water partition coefficient (Wildman–Crippen LogP) is 2.75. The first kappa shape index (κ1) is 19.7. The predicted molar refractivity (Wildman–Crippen MR) is 109 cm³/mol. The molecule has 3 heterocycles. The summed E-state index contributed by atoms with van der Waals surface area (Å²) in [6, 6.07) is 5.34. The van der Waals surface area contributed by atoms with Crippen LogP contribution in [0.25, 0.3) is 22.4 Å². The number of aromatic nitrogens is 4. The minimum absolute atomic E-state index is 0.280. The molecule has 1 aliphatic heterocycles. The fourth-order valence-electron chi connectivity index (χ4n) is 3.47. The van der Waals surface area contributed by atoms with Gasteiger partial charge in [0.2, 0.25) is 5.65 Å². The summed E-state index contributed by atoms with van der Waals surface area (Å²) in [6.45, 7) is 0.758. The van der Waals surface area contributed by atoms with Gasteiger partial charge in [0.05, 0.1) is 28.5 Å². The Kier molecular flexibility index (Phi) is 5.20. The van der Waals surface area contributed by atoms with E-state index in [-0.39, 0.29) is 6.61 Å². The van der Waals surface area contributed by atoms with Gasteiger partial charge in [-0.2, -0.15) is 5.10 Å². The fourth-order valence-corrected chi connectivity index (χ4v) is 3.87. The van der Waals surface area contributed by atoms with E-state index in [1.807, 2.05) is 11.0 Å². The third-order valence-corrected chi connectivity index (χ3v) is 5.90. The topological polar surface area (TPSA) is 130 Å². The van der Waals surface area contributed by atoms with Crippen LogP contribution in [0.1, 0.15) is 12.8 Å². The average Bonchev–Trinajstić information content (AvgIpc) is 3.13. The minimum Gasteiger partial charge on any atom is -0.440 e. The molecule has 1 fully saturated rings. The number of ether oxygens (including phenoxy) is 1. The molecule has 9 nitrogen and oxygen atoms in total. The first-order chi connectivity index (χ1) is 13.9. The van der Waals surface area contributed by atoms with Crippen molar-refractivity contribution >= 4 is 46.3 Å². The van der Waals surface area contributed by atoms with Gasteiger partial charge in [0.25, 0.3) is 0 Å². The molecule has 11 heteroatoms. The number of halogens is 2. The largest absolute Gasteiger partial charge is 0.440 e. The molecule has 29 heavy (non-hydrogen) atoms. The summed E-state index contributed by atoms with van der Waals surface area (Å²) in [7, 11) is 0. The zero-order chi connectivity index (χ0) is 20.6. The number of hydrogen-bond donors (Lipinski definition) is 3. The third-order valence-electron chi connectivity index (χ3n) is 5.08. The lowest BCUT2D eigenvalue weighted by atomic mass is 9.92. The van der Waals surface area contributed by atoms with Crippen molar-refractivity contribution in [3.63, 3.8) is 0 Å². The molecular weight excluding hydrogens is 419 g/mol. The van der Waals surface area contributed by atoms with Gasteiger partial charge in [0.1, 0.15) is 16.9 Å².